The molecule has 0 spiro atoms. The summed E-state index contributed by atoms with van der Waals surface area (Å²) in [5.41, 5.74) is 3.01. The van der Waals surface area contributed by atoms with Gasteiger partial charge in [-0.15, -0.1) is 0 Å². The summed E-state index contributed by atoms with van der Waals surface area (Å²) in [5.74, 6) is 0.398. The van der Waals surface area contributed by atoms with Gasteiger partial charge in [-0.3, -0.25) is 4.79 Å². The van der Waals surface area contributed by atoms with Gasteiger partial charge in [0, 0.05) is 28.5 Å². The number of para-hydroxylation sites is 1. The van der Waals surface area contributed by atoms with E-state index in [0.29, 0.717) is 30.0 Å². The number of carbonyl (C=O) groups excluding carboxylic acids is 1. The monoisotopic (exact) mass is 408 g/mol. The van der Waals surface area contributed by atoms with Gasteiger partial charge in [0.05, 0.1) is 11.1 Å². The normalized spacial score (nSPS) is 10.3. The molecule has 0 radical (unpaired) electrons. The maximum absolute atomic E-state index is 12.1. The van der Waals surface area contributed by atoms with Crippen molar-refractivity contribution in [1.29, 1.82) is 5.26 Å². The standard InChI is InChI=1S/C20H17BrN4O/c1-13-3-2-4-15-11-16(12-22)19(25-18(13)15)23-9-10-24-20(26)14-5-7-17(21)8-6-14/h2-8,11H,9-10H2,1H3,(H,23,25)(H,24,26). The number of hydrogen-bond acceptors (Lipinski definition) is 4. The number of rotatable bonds is 5. The third-order valence-corrected chi connectivity index (χ3v) is 4.51. The van der Waals surface area contributed by atoms with Gasteiger partial charge in [-0.2, -0.15) is 5.26 Å². The van der Waals surface area contributed by atoms with Gasteiger partial charge in [0.25, 0.3) is 5.91 Å². The van der Waals surface area contributed by atoms with Gasteiger partial charge in [0.1, 0.15) is 11.9 Å². The Bertz CT molecular complexity index is 993. The third kappa shape index (κ3) is 4.01. The summed E-state index contributed by atoms with van der Waals surface area (Å²) in [7, 11) is 0. The molecule has 0 unspecified atom stereocenters. The summed E-state index contributed by atoms with van der Waals surface area (Å²) in [6.07, 6.45) is 0. The maximum Gasteiger partial charge on any atom is 0.251 e. The molecule has 1 aromatic heterocycles. The van der Waals surface area contributed by atoms with E-state index in [0.717, 1.165) is 20.9 Å². The fourth-order valence-corrected chi connectivity index (χ4v) is 2.89. The molecule has 1 amide bonds. The molecule has 3 rings (SSSR count). The molecule has 26 heavy (non-hydrogen) atoms. The number of nitrogens with zero attached hydrogens (tertiary/aromatic N) is 2. The number of aromatic nitrogens is 1. The van der Waals surface area contributed by atoms with Crippen LogP contribution in [0.15, 0.2) is 53.0 Å². The zero-order chi connectivity index (χ0) is 18.5. The Morgan fingerprint density at radius 3 is 2.69 bits per heavy atom. The van der Waals surface area contributed by atoms with Gasteiger partial charge in [-0.1, -0.05) is 34.1 Å². The van der Waals surface area contributed by atoms with Gasteiger partial charge in [-0.25, -0.2) is 4.98 Å². The fourth-order valence-electron chi connectivity index (χ4n) is 2.63. The van der Waals surface area contributed by atoms with Crippen LogP contribution in [0.3, 0.4) is 0 Å². The minimum atomic E-state index is -0.137. The van der Waals surface area contributed by atoms with Crippen molar-refractivity contribution in [2.24, 2.45) is 0 Å². The first-order chi connectivity index (χ1) is 12.6. The molecular weight excluding hydrogens is 392 g/mol. The highest BCUT2D eigenvalue weighted by Crippen LogP contribution is 2.22. The largest absolute Gasteiger partial charge is 0.367 e. The number of amides is 1. The molecule has 0 bridgehead atoms. The van der Waals surface area contributed by atoms with Crippen molar-refractivity contribution < 1.29 is 4.79 Å². The molecule has 5 nitrogen and oxygen atoms in total. The first kappa shape index (κ1) is 17.9. The van der Waals surface area contributed by atoms with E-state index >= 15 is 0 Å². The summed E-state index contributed by atoms with van der Waals surface area (Å²) in [5, 5.41) is 16.3. The number of aryl methyl sites for hydroxylation is 1. The fraction of sp³-hybridized carbons (Fsp3) is 0.150. The summed E-state index contributed by atoms with van der Waals surface area (Å²) >= 11 is 3.34. The molecule has 0 aliphatic heterocycles. The average molecular weight is 409 g/mol. The number of fused-ring (bicyclic) bond motifs is 1. The second-order valence-electron chi connectivity index (χ2n) is 5.83. The predicted octanol–water partition coefficient (Wildman–Crippen LogP) is 4.02. The van der Waals surface area contributed by atoms with Gasteiger partial charge in [0.15, 0.2) is 0 Å². The summed E-state index contributed by atoms with van der Waals surface area (Å²) in [6.45, 7) is 2.89. The smallest absolute Gasteiger partial charge is 0.251 e. The molecule has 0 aliphatic rings. The molecule has 0 fully saturated rings. The number of halogens is 1. The van der Waals surface area contributed by atoms with Crippen molar-refractivity contribution in [3.05, 3.63) is 69.7 Å². The van der Waals surface area contributed by atoms with E-state index in [1.165, 1.54) is 0 Å². The van der Waals surface area contributed by atoms with Crippen LogP contribution >= 0.6 is 15.9 Å². The number of nitriles is 1. The number of nitrogens with one attached hydrogen (secondary N) is 2. The zero-order valence-electron chi connectivity index (χ0n) is 14.2. The van der Waals surface area contributed by atoms with Crippen LogP contribution in [-0.2, 0) is 0 Å². The minimum absolute atomic E-state index is 0.137. The summed E-state index contributed by atoms with van der Waals surface area (Å²) < 4.78 is 0.928. The van der Waals surface area contributed by atoms with Crippen molar-refractivity contribution in [3.63, 3.8) is 0 Å². The van der Waals surface area contributed by atoms with E-state index in [9.17, 15) is 10.1 Å². The van der Waals surface area contributed by atoms with E-state index in [1.807, 2.05) is 43.3 Å². The number of pyridine rings is 1. The molecule has 3 aromatic rings. The van der Waals surface area contributed by atoms with Crippen LogP contribution in [0.4, 0.5) is 5.82 Å². The van der Waals surface area contributed by atoms with E-state index in [4.69, 9.17) is 0 Å². The first-order valence-corrected chi connectivity index (χ1v) is 8.96. The van der Waals surface area contributed by atoms with Gasteiger partial charge in [0.2, 0.25) is 0 Å². The Labute approximate surface area is 160 Å². The second-order valence-corrected chi connectivity index (χ2v) is 6.75. The summed E-state index contributed by atoms with van der Waals surface area (Å²) in [6, 6.07) is 17.1. The molecule has 6 heteroatoms. The van der Waals surface area contributed by atoms with Crippen LogP contribution in [0, 0.1) is 18.3 Å². The Hall–Kier alpha value is -2.91. The molecule has 1 heterocycles. The Balaban J connectivity index is 1.64. The van der Waals surface area contributed by atoms with Crippen LogP contribution in [0.1, 0.15) is 21.5 Å². The van der Waals surface area contributed by atoms with E-state index in [1.54, 1.807) is 12.1 Å². The number of anilines is 1. The quantitative estimate of drug-likeness (QED) is 0.624. The SMILES string of the molecule is Cc1cccc2cc(C#N)c(NCCNC(=O)c3ccc(Br)cc3)nc12. The van der Waals surface area contributed by atoms with E-state index in [-0.39, 0.29) is 5.91 Å². The van der Waals surface area contributed by atoms with Crippen LogP contribution in [0.25, 0.3) is 10.9 Å². The highest BCUT2D eigenvalue weighted by Gasteiger charge is 2.08. The highest BCUT2D eigenvalue weighted by molar-refractivity contribution is 9.10. The van der Waals surface area contributed by atoms with Crippen molar-refractivity contribution >= 4 is 38.6 Å². The topological polar surface area (TPSA) is 77.8 Å². The first-order valence-electron chi connectivity index (χ1n) is 8.16. The molecule has 2 N–H and O–H groups in total. The Morgan fingerprint density at radius 1 is 1.19 bits per heavy atom. The van der Waals surface area contributed by atoms with Crippen molar-refractivity contribution in [2.45, 2.75) is 6.92 Å². The highest BCUT2D eigenvalue weighted by atomic mass is 79.9. The third-order valence-electron chi connectivity index (χ3n) is 3.98. The van der Waals surface area contributed by atoms with Gasteiger partial charge >= 0.3 is 0 Å². The molecule has 0 atom stereocenters. The lowest BCUT2D eigenvalue weighted by Crippen LogP contribution is -2.29. The molecule has 0 saturated carbocycles. The van der Waals surface area contributed by atoms with Crippen LogP contribution < -0.4 is 10.6 Å². The minimum Gasteiger partial charge on any atom is -0.367 e. The van der Waals surface area contributed by atoms with Crippen molar-refractivity contribution in [2.75, 3.05) is 18.4 Å². The van der Waals surface area contributed by atoms with E-state index in [2.05, 4.69) is 37.6 Å². The Kier molecular flexibility index (Phi) is 5.49. The molecule has 0 saturated heterocycles. The lowest BCUT2D eigenvalue weighted by atomic mass is 10.1. The van der Waals surface area contributed by atoms with Crippen LogP contribution in [-0.4, -0.2) is 24.0 Å². The Morgan fingerprint density at radius 2 is 1.96 bits per heavy atom. The van der Waals surface area contributed by atoms with E-state index < -0.39 is 0 Å². The maximum atomic E-state index is 12.1. The van der Waals surface area contributed by atoms with Crippen molar-refractivity contribution in [3.8, 4) is 6.07 Å². The molecule has 2 aromatic carbocycles. The number of benzene rings is 2. The second kappa shape index (κ2) is 7.98. The number of carbonyl (C=O) groups is 1. The molecular formula is C20H17BrN4O. The van der Waals surface area contributed by atoms with Crippen LogP contribution in [0.5, 0.6) is 0 Å². The number of hydrogen-bond donors (Lipinski definition) is 2. The average Bonchev–Trinajstić information content (AvgIpc) is 2.65. The lowest BCUT2D eigenvalue weighted by Gasteiger charge is -2.11. The molecule has 0 aliphatic carbocycles. The lowest BCUT2D eigenvalue weighted by molar-refractivity contribution is 0.0955. The van der Waals surface area contributed by atoms with Gasteiger partial charge < -0.3 is 10.6 Å². The van der Waals surface area contributed by atoms with Crippen LogP contribution in [0.2, 0.25) is 0 Å². The van der Waals surface area contributed by atoms with Crippen molar-refractivity contribution in [1.82, 2.24) is 10.3 Å². The van der Waals surface area contributed by atoms with Gasteiger partial charge in [-0.05, 0) is 42.8 Å². The molecule has 130 valence electrons. The zero-order valence-corrected chi connectivity index (χ0v) is 15.8. The predicted molar refractivity (Wildman–Crippen MR) is 106 cm³/mol. The summed E-state index contributed by atoms with van der Waals surface area (Å²) in [4.78, 5) is 16.7.